The molecule has 7 nitrogen and oxygen atoms in total. The van der Waals surface area contributed by atoms with E-state index in [1.54, 1.807) is 19.1 Å². The predicted octanol–water partition coefficient (Wildman–Crippen LogP) is 2.30. The van der Waals surface area contributed by atoms with Crippen molar-refractivity contribution in [2.45, 2.75) is 108 Å². The van der Waals surface area contributed by atoms with E-state index in [2.05, 4.69) is 6.92 Å². The summed E-state index contributed by atoms with van der Waals surface area (Å²) in [7, 11) is 0. The number of epoxide rings is 1. The first-order valence-corrected chi connectivity index (χ1v) is 13.5. The molecule has 0 aromatic carbocycles. The lowest BCUT2D eigenvalue weighted by molar-refractivity contribution is -0.201. The van der Waals surface area contributed by atoms with Gasteiger partial charge in [-0.2, -0.15) is 0 Å². The number of aliphatic hydroxyl groups excluding tert-OH is 1. The molecule has 0 radical (unpaired) electrons. The summed E-state index contributed by atoms with van der Waals surface area (Å²) in [4.78, 5) is 26.0. The molecule has 7 aliphatic rings. The zero-order valence-corrected chi connectivity index (χ0v) is 21.1. The third-order valence-electron chi connectivity index (χ3n) is 13.0. The summed E-state index contributed by atoms with van der Waals surface area (Å²) in [6.07, 6.45) is 6.90. The average molecular weight is 487 g/mol. The maximum Gasteiger partial charge on any atom is 0.338 e. The van der Waals surface area contributed by atoms with Crippen LogP contribution in [0.1, 0.15) is 72.6 Å². The number of esters is 1. The summed E-state index contributed by atoms with van der Waals surface area (Å²) in [6.45, 7) is 7.72. The summed E-state index contributed by atoms with van der Waals surface area (Å²) in [6, 6.07) is 0. The molecule has 13 atom stereocenters. The van der Waals surface area contributed by atoms with E-state index < -0.39 is 39.7 Å². The highest BCUT2D eigenvalue weighted by atomic mass is 16.6. The minimum Gasteiger partial charge on any atom is -0.460 e. The molecule has 6 fully saturated rings. The Morgan fingerprint density at radius 3 is 2.43 bits per heavy atom. The molecule has 0 unspecified atom stereocenters. The number of ketones is 1. The molecule has 2 heterocycles. The van der Waals surface area contributed by atoms with Gasteiger partial charge in [-0.25, -0.2) is 4.79 Å². The van der Waals surface area contributed by atoms with E-state index in [0.717, 1.165) is 25.7 Å². The van der Waals surface area contributed by atoms with Crippen LogP contribution in [0.4, 0.5) is 0 Å². The molecule has 1 spiro atoms. The number of carbonyl (C=O) groups excluding carboxylic acids is 2. The number of hydrogen-bond donors (Lipinski definition) is 3. The lowest BCUT2D eigenvalue weighted by Gasteiger charge is -2.59. The molecule has 192 valence electrons. The lowest BCUT2D eigenvalue weighted by Crippen LogP contribution is -2.65. The second kappa shape index (κ2) is 6.23. The number of hydrogen-bond acceptors (Lipinski definition) is 7. The van der Waals surface area contributed by atoms with Gasteiger partial charge in [0.25, 0.3) is 0 Å². The van der Waals surface area contributed by atoms with E-state index in [-0.39, 0.29) is 47.1 Å². The van der Waals surface area contributed by atoms with Gasteiger partial charge in [0.2, 0.25) is 0 Å². The van der Waals surface area contributed by atoms with Gasteiger partial charge < -0.3 is 24.8 Å². The Kier molecular flexibility index (Phi) is 4.07. The van der Waals surface area contributed by atoms with Crippen molar-refractivity contribution in [2.75, 3.05) is 0 Å². The van der Waals surface area contributed by atoms with Crippen LogP contribution in [0.5, 0.6) is 0 Å². The predicted molar refractivity (Wildman–Crippen MR) is 124 cm³/mol. The average Bonchev–Trinajstić information content (AvgIpc) is 3.35. The minimum atomic E-state index is -1.55. The molecule has 3 N–H and O–H groups in total. The Hall–Kier alpha value is -1.28. The van der Waals surface area contributed by atoms with Gasteiger partial charge in [0.1, 0.15) is 17.8 Å². The number of aliphatic hydroxyl groups is 3. The highest BCUT2D eigenvalue weighted by Gasteiger charge is 2.81. The SMILES string of the molecule is C[C@@]12C[C@H](OC(=O)[C@@]1(C)O)[C@@H]([C@@]1(O)CC[C@H]3[C@@H]4C[C@H]5O[C@@]56[C@@H](O)C=CC(=O)[C@]6(C)[C@H]4CC[C@@]31C)C2. The molecule has 5 aliphatic carbocycles. The fourth-order valence-electron chi connectivity index (χ4n) is 10.6. The van der Waals surface area contributed by atoms with Crippen LogP contribution in [0, 0.1) is 39.9 Å². The van der Waals surface area contributed by atoms with Crippen molar-refractivity contribution in [3.63, 3.8) is 0 Å². The topological polar surface area (TPSA) is 117 Å². The number of fused-ring (bicyclic) bond motifs is 6. The summed E-state index contributed by atoms with van der Waals surface area (Å²) < 4.78 is 12.0. The van der Waals surface area contributed by atoms with Crippen LogP contribution in [0.3, 0.4) is 0 Å². The van der Waals surface area contributed by atoms with Crippen molar-refractivity contribution in [1.82, 2.24) is 0 Å². The molecule has 4 saturated carbocycles. The summed E-state index contributed by atoms with van der Waals surface area (Å²) in [5, 5.41) is 34.3. The highest BCUT2D eigenvalue weighted by molar-refractivity contribution is 5.98. The van der Waals surface area contributed by atoms with Crippen LogP contribution >= 0.6 is 0 Å². The molecule has 2 saturated heterocycles. The first-order valence-electron chi connectivity index (χ1n) is 13.5. The second-order valence-electron chi connectivity index (χ2n) is 13.9. The normalized spacial score (nSPS) is 64.1. The summed E-state index contributed by atoms with van der Waals surface area (Å²) >= 11 is 0. The molecular formula is C28H38O7. The molecule has 0 aromatic rings. The molecular weight excluding hydrogens is 448 g/mol. The highest BCUT2D eigenvalue weighted by Crippen LogP contribution is 2.74. The van der Waals surface area contributed by atoms with Crippen LogP contribution in [0.2, 0.25) is 0 Å². The smallest absolute Gasteiger partial charge is 0.338 e. The maximum atomic E-state index is 13.3. The fraction of sp³-hybridized carbons (Fsp3) is 0.857. The fourth-order valence-corrected chi connectivity index (χ4v) is 10.6. The first kappa shape index (κ1) is 22.9. The van der Waals surface area contributed by atoms with E-state index in [1.165, 1.54) is 0 Å². The number of ether oxygens (including phenoxy) is 2. The quantitative estimate of drug-likeness (QED) is 0.385. The van der Waals surface area contributed by atoms with Crippen LogP contribution in [-0.2, 0) is 19.1 Å². The van der Waals surface area contributed by atoms with Gasteiger partial charge in [0, 0.05) is 11.3 Å². The third kappa shape index (κ3) is 2.23. The zero-order chi connectivity index (χ0) is 25.0. The lowest BCUT2D eigenvalue weighted by atomic mass is 9.44. The monoisotopic (exact) mass is 486 g/mol. The Bertz CT molecular complexity index is 1070. The van der Waals surface area contributed by atoms with Crippen LogP contribution < -0.4 is 0 Å². The van der Waals surface area contributed by atoms with Crippen molar-refractivity contribution >= 4 is 11.8 Å². The van der Waals surface area contributed by atoms with E-state index >= 15 is 0 Å². The van der Waals surface area contributed by atoms with Gasteiger partial charge >= 0.3 is 5.97 Å². The molecule has 7 heteroatoms. The van der Waals surface area contributed by atoms with Crippen molar-refractivity contribution in [3.8, 4) is 0 Å². The standard InChI is InChI=1S/C28H38O7/c1-23-12-17(18(13-23)34-22(31)26(23,4)32)27(33)10-8-15-14-11-21-28(35-21)20(30)6-5-19(29)25(28,3)16(14)7-9-24(15,27)2/h5-6,14-18,20-21,30,32-33H,7-13H2,1-4H3/t14-,15-,16-,17-,18-,20-,21+,23+,24-,25-,26+,27-,28-/m0/s1. The second-order valence-corrected chi connectivity index (χ2v) is 13.9. The molecule has 2 bridgehead atoms. The Morgan fingerprint density at radius 1 is 0.971 bits per heavy atom. The van der Waals surface area contributed by atoms with Crippen molar-refractivity contribution in [3.05, 3.63) is 12.2 Å². The number of rotatable bonds is 1. The molecule has 0 amide bonds. The minimum absolute atomic E-state index is 0.0588. The molecule has 2 aliphatic heterocycles. The van der Waals surface area contributed by atoms with E-state index in [1.807, 2.05) is 13.8 Å². The van der Waals surface area contributed by atoms with E-state index in [9.17, 15) is 24.9 Å². The van der Waals surface area contributed by atoms with Gasteiger partial charge in [0.15, 0.2) is 11.4 Å². The van der Waals surface area contributed by atoms with Crippen molar-refractivity contribution < 1.29 is 34.4 Å². The number of allylic oxidation sites excluding steroid dienone is 1. The van der Waals surface area contributed by atoms with Crippen molar-refractivity contribution in [1.29, 1.82) is 0 Å². The van der Waals surface area contributed by atoms with Crippen molar-refractivity contribution in [2.24, 2.45) is 39.9 Å². The van der Waals surface area contributed by atoms with Gasteiger partial charge in [-0.3, -0.25) is 4.79 Å². The molecule has 35 heavy (non-hydrogen) atoms. The number of carbonyl (C=O) groups is 2. The maximum absolute atomic E-state index is 13.3. The van der Waals surface area contributed by atoms with Gasteiger partial charge in [-0.1, -0.05) is 13.8 Å². The van der Waals surface area contributed by atoms with Crippen LogP contribution in [0.25, 0.3) is 0 Å². The summed E-state index contributed by atoms with van der Waals surface area (Å²) in [5.74, 6) is -0.163. The largest absolute Gasteiger partial charge is 0.460 e. The first-order chi connectivity index (χ1) is 16.3. The Labute approximate surface area is 206 Å². The zero-order valence-electron chi connectivity index (χ0n) is 21.1. The molecule has 0 aromatic heterocycles. The third-order valence-corrected chi connectivity index (χ3v) is 13.0. The van der Waals surface area contributed by atoms with E-state index in [4.69, 9.17) is 9.47 Å². The van der Waals surface area contributed by atoms with Crippen LogP contribution in [0.15, 0.2) is 12.2 Å². The van der Waals surface area contributed by atoms with E-state index in [0.29, 0.717) is 19.3 Å². The van der Waals surface area contributed by atoms with Gasteiger partial charge in [0.05, 0.1) is 17.1 Å². The summed E-state index contributed by atoms with van der Waals surface area (Å²) in [5.41, 5.74) is -5.08. The van der Waals surface area contributed by atoms with Crippen LogP contribution in [-0.4, -0.2) is 62.2 Å². The Morgan fingerprint density at radius 2 is 1.69 bits per heavy atom. The van der Waals surface area contributed by atoms with Gasteiger partial charge in [-0.15, -0.1) is 0 Å². The van der Waals surface area contributed by atoms with Gasteiger partial charge in [-0.05, 0) is 94.1 Å². The Balaban J connectivity index is 1.24. The molecule has 7 rings (SSSR count).